The number of hydrogen-bond donors (Lipinski definition) is 2. The van der Waals surface area contributed by atoms with Crippen LogP contribution in [0.15, 0.2) is 32.9 Å². The number of nitrogens with one attached hydrogen (secondary N) is 1. The van der Waals surface area contributed by atoms with E-state index in [2.05, 4.69) is 10.1 Å². The van der Waals surface area contributed by atoms with E-state index < -0.39 is 28.8 Å². The highest BCUT2D eigenvalue weighted by molar-refractivity contribution is 7.99. The van der Waals surface area contributed by atoms with E-state index in [9.17, 15) is 18.4 Å². The van der Waals surface area contributed by atoms with Crippen LogP contribution < -0.4 is 16.9 Å². The standard InChI is InChI=1S/C12H12F2N4O2S/c1-18-12(16-10(19)11(20)17-18)21-5-9(15)7-4-6(13)2-3-8(7)14/h2-4,9H,5,15H2,1H3,(H,17,20). The van der Waals surface area contributed by atoms with Crippen molar-refractivity contribution in [2.45, 2.75) is 11.2 Å². The van der Waals surface area contributed by atoms with Crippen molar-refractivity contribution in [1.29, 1.82) is 0 Å². The smallest absolute Gasteiger partial charge is 0.323 e. The van der Waals surface area contributed by atoms with Crippen molar-refractivity contribution in [2.75, 3.05) is 5.75 Å². The van der Waals surface area contributed by atoms with Crippen LogP contribution in [0.25, 0.3) is 0 Å². The minimum atomic E-state index is -0.916. The predicted molar refractivity (Wildman–Crippen MR) is 74.1 cm³/mol. The molecule has 1 aromatic heterocycles. The lowest BCUT2D eigenvalue weighted by molar-refractivity contribution is 0.571. The zero-order chi connectivity index (χ0) is 15.6. The number of halogens is 2. The van der Waals surface area contributed by atoms with E-state index in [4.69, 9.17) is 5.73 Å². The lowest BCUT2D eigenvalue weighted by Gasteiger charge is -2.13. The average Bonchev–Trinajstić information content (AvgIpc) is 2.43. The molecule has 0 spiro atoms. The van der Waals surface area contributed by atoms with Crippen molar-refractivity contribution in [3.63, 3.8) is 0 Å². The van der Waals surface area contributed by atoms with E-state index in [1.165, 1.54) is 11.7 Å². The molecular weight excluding hydrogens is 302 g/mol. The van der Waals surface area contributed by atoms with Crippen molar-refractivity contribution < 1.29 is 8.78 Å². The van der Waals surface area contributed by atoms with Gasteiger partial charge in [-0.15, -0.1) is 0 Å². The molecule has 21 heavy (non-hydrogen) atoms. The Hall–Kier alpha value is -2.00. The Morgan fingerprint density at radius 1 is 1.43 bits per heavy atom. The van der Waals surface area contributed by atoms with Gasteiger partial charge >= 0.3 is 11.1 Å². The number of benzene rings is 1. The highest BCUT2D eigenvalue weighted by atomic mass is 32.2. The molecule has 2 aromatic rings. The molecule has 2 rings (SSSR count). The van der Waals surface area contributed by atoms with Crippen LogP contribution in [0.4, 0.5) is 8.78 Å². The molecule has 0 aliphatic heterocycles. The zero-order valence-electron chi connectivity index (χ0n) is 11.0. The third-order valence-corrected chi connectivity index (χ3v) is 3.85. The minimum Gasteiger partial charge on any atom is -0.323 e. The number of hydrogen-bond acceptors (Lipinski definition) is 5. The molecule has 0 saturated carbocycles. The molecule has 0 aliphatic carbocycles. The second kappa shape index (κ2) is 6.19. The fourth-order valence-electron chi connectivity index (χ4n) is 1.64. The Balaban J connectivity index is 2.16. The summed E-state index contributed by atoms with van der Waals surface area (Å²) in [5.41, 5.74) is 4.11. The summed E-state index contributed by atoms with van der Waals surface area (Å²) in [4.78, 5) is 25.8. The topological polar surface area (TPSA) is 93.8 Å². The first-order valence-electron chi connectivity index (χ1n) is 5.89. The van der Waals surface area contributed by atoms with Gasteiger partial charge in [0.05, 0.1) is 0 Å². The Kier molecular flexibility index (Phi) is 4.53. The fourth-order valence-corrected chi connectivity index (χ4v) is 2.54. The number of nitrogens with two attached hydrogens (primary N) is 1. The van der Waals surface area contributed by atoms with Crippen LogP contribution >= 0.6 is 11.8 Å². The lowest BCUT2D eigenvalue weighted by atomic mass is 10.1. The molecule has 1 unspecified atom stereocenters. The summed E-state index contributed by atoms with van der Waals surface area (Å²) in [5, 5.41) is 2.51. The Morgan fingerprint density at radius 2 is 2.14 bits per heavy atom. The summed E-state index contributed by atoms with van der Waals surface area (Å²) >= 11 is 1.06. The van der Waals surface area contributed by atoms with E-state index in [0.29, 0.717) is 0 Å². The van der Waals surface area contributed by atoms with Gasteiger partial charge in [-0.05, 0) is 18.2 Å². The molecule has 0 radical (unpaired) electrons. The zero-order valence-corrected chi connectivity index (χ0v) is 11.8. The van der Waals surface area contributed by atoms with Crippen molar-refractivity contribution in [2.24, 2.45) is 12.8 Å². The quantitative estimate of drug-likeness (QED) is 0.634. The van der Waals surface area contributed by atoms with Crippen LogP contribution in [0.2, 0.25) is 0 Å². The van der Waals surface area contributed by atoms with Crippen molar-refractivity contribution in [3.05, 3.63) is 56.1 Å². The molecule has 0 amide bonds. The van der Waals surface area contributed by atoms with E-state index in [-0.39, 0.29) is 16.5 Å². The van der Waals surface area contributed by atoms with Gasteiger partial charge in [-0.2, -0.15) is 4.98 Å². The van der Waals surface area contributed by atoms with Crippen LogP contribution in [0.1, 0.15) is 11.6 Å². The highest BCUT2D eigenvalue weighted by Gasteiger charge is 2.14. The molecule has 1 atom stereocenters. The van der Waals surface area contributed by atoms with Gasteiger partial charge < -0.3 is 5.73 Å². The number of aryl methyl sites for hydroxylation is 1. The summed E-state index contributed by atoms with van der Waals surface area (Å²) in [6.45, 7) is 0. The molecule has 112 valence electrons. The molecule has 1 aromatic carbocycles. The molecule has 6 nitrogen and oxygen atoms in total. The average molecular weight is 314 g/mol. The number of aromatic amines is 1. The molecule has 0 saturated heterocycles. The van der Waals surface area contributed by atoms with Crippen molar-refractivity contribution >= 4 is 11.8 Å². The monoisotopic (exact) mass is 314 g/mol. The molecule has 1 heterocycles. The lowest BCUT2D eigenvalue weighted by Crippen LogP contribution is -2.34. The summed E-state index contributed by atoms with van der Waals surface area (Å²) in [6.07, 6.45) is 0. The van der Waals surface area contributed by atoms with Gasteiger partial charge in [-0.25, -0.2) is 8.78 Å². The van der Waals surface area contributed by atoms with Crippen LogP contribution in [0.5, 0.6) is 0 Å². The molecule has 9 heteroatoms. The Bertz CT molecular complexity index is 775. The fraction of sp³-hybridized carbons (Fsp3) is 0.250. The number of aromatic nitrogens is 3. The van der Waals surface area contributed by atoms with Gasteiger partial charge in [0.15, 0.2) is 5.16 Å². The van der Waals surface area contributed by atoms with Gasteiger partial charge in [0, 0.05) is 24.4 Å². The molecule has 0 aliphatic rings. The van der Waals surface area contributed by atoms with Gasteiger partial charge in [0.1, 0.15) is 11.6 Å². The van der Waals surface area contributed by atoms with Crippen LogP contribution in [0.3, 0.4) is 0 Å². The molecule has 0 bridgehead atoms. The Morgan fingerprint density at radius 3 is 2.86 bits per heavy atom. The van der Waals surface area contributed by atoms with Gasteiger partial charge in [-0.1, -0.05) is 11.8 Å². The van der Waals surface area contributed by atoms with Crippen molar-refractivity contribution in [3.8, 4) is 0 Å². The summed E-state index contributed by atoms with van der Waals surface area (Å²) in [5.74, 6) is -1.03. The van der Waals surface area contributed by atoms with E-state index in [1.54, 1.807) is 0 Å². The molecular formula is C12H12F2N4O2S. The van der Waals surface area contributed by atoms with Crippen LogP contribution in [-0.4, -0.2) is 20.5 Å². The van der Waals surface area contributed by atoms with E-state index in [0.717, 1.165) is 30.0 Å². The first-order valence-corrected chi connectivity index (χ1v) is 6.87. The van der Waals surface area contributed by atoms with E-state index in [1.807, 2.05) is 0 Å². The maximum Gasteiger partial charge on any atom is 0.339 e. The SMILES string of the molecule is Cn1[nH]c(=O)c(=O)nc1SCC(N)c1cc(F)ccc1F. The third kappa shape index (κ3) is 3.56. The van der Waals surface area contributed by atoms with Gasteiger partial charge in [-0.3, -0.25) is 19.4 Å². The minimum absolute atomic E-state index is 0.0388. The van der Waals surface area contributed by atoms with Crippen LogP contribution in [-0.2, 0) is 7.05 Å². The van der Waals surface area contributed by atoms with Crippen LogP contribution in [0, 0.1) is 11.6 Å². The summed E-state index contributed by atoms with van der Waals surface area (Å²) in [6, 6.07) is 2.25. The number of thioether (sulfide) groups is 1. The van der Waals surface area contributed by atoms with Gasteiger partial charge in [0.2, 0.25) is 0 Å². The maximum absolute atomic E-state index is 13.6. The van der Waals surface area contributed by atoms with E-state index >= 15 is 0 Å². The largest absolute Gasteiger partial charge is 0.339 e. The summed E-state index contributed by atoms with van der Waals surface area (Å²) < 4.78 is 27.9. The third-order valence-electron chi connectivity index (χ3n) is 2.70. The first kappa shape index (κ1) is 15.4. The maximum atomic E-state index is 13.6. The normalized spacial score (nSPS) is 12.4. The first-order chi connectivity index (χ1) is 9.88. The number of H-pyrrole nitrogens is 1. The predicted octanol–water partition coefficient (Wildman–Crippen LogP) is 0.539. The molecule has 3 N–H and O–H groups in total. The molecule has 0 fully saturated rings. The van der Waals surface area contributed by atoms with Crippen molar-refractivity contribution in [1.82, 2.24) is 14.8 Å². The second-order valence-electron chi connectivity index (χ2n) is 4.28. The summed E-state index contributed by atoms with van der Waals surface area (Å²) in [7, 11) is 1.50. The number of nitrogens with zero attached hydrogens (tertiary/aromatic N) is 2. The highest BCUT2D eigenvalue weighted by Crippen LogP contribution is 2.23. The number of rotatable bonds is 4. The Labute approximate surface area is 122 Å². The second-order valence-corrected chi connectivity index (χ2v) is 5.27. The van der Waals surface area contributed by atoms with Gasteiger partial charge in [0.25, 0.3) is 0 Å².